The Bertz CT molecular complexity index is 586. The summed E-state index contributed by atoms with van der Waals surface area (Å²) in [5.74, 6) is -0.925. The van der Waals surface area contributed by atoms with Crippen molar-refractivity contribution < 1.29 is 9.90 Å². The summed E-state index contributed by atoms with van der Waals surface area (Å²) in [5.41, 5.74) is 1.95. The second-order valence-electron chi connectivity index (χ2n) is 3.78. The van der Waals surface area contributed by atoms with E-state index in [4.69, 9.17) is 16.7 Å². The average Bonchev–Trinajstić information content (AvgIpc) is 2.38. The number of benzene rings is 2. The van der Waals surface area contributed by atoms with Gasteiger partial charge >= 0.3 is 5.97 Å². The molecule has 0 saturated heterocycles. The summed E-state index contributed by atoms with van der Waals surface area (Å²) in [6.07, 6.45) is 3.64. The first-order valence-corrected chi connectivity index (χ1v) is 5.80. The molecule has 0 aliphatic heterocycles. The Morgan fingerprint density at radius 3 is 2.33 bits per heavy atom. The molecule has 0 radical (unpaired) electrons. The Kier molecular flexibility index (Phi) is 3.80. The molecule has 2 nitrogen and oxygen atoms in total. The zero-order valence-corrected chi connectivity index (χ0v) is 10.3. The van der Waals surface area contributed by atoms with Crippen LogP contribution in [0, 0.1) is 0 Å². The Morgan fingerprint density at radius 2 is 1.67 bits per heavy atom. The fourth-order valence-corrected chi connectivity index (χ4v) is 1.72. The van der Waals surface area contributed by atoms with E-state index in [1.54, 1.807) is 36.4 Å². The molecule has 0 saturated carbocycles. The molecule has 2 aromatic carbocycles. The topological polar surface area (TPSA) is 37.3 Å². The van der Waals surface area contributed by atoms with Crippen molar-refractivity contribution in [1.29, 1.82) is 0 Å². The molecular weight excluding hydrogens is 248 g/mol. The van der Waals surface area contributed by atoms with Crippen molar-refractivity contribution in [2.24, 2.45) is 0 Å². The molecule has 0 fully saturated rings. The highest BCUT2D eigenvalue weighted by Crippen LogP contribution is 2.15. The van der Waals surface area contributed by atoms with Crippen LogP contribution in [0.15, 0.2) is 48.5 Å². The van der Waals surface area contributed by atoms with Gasteiger partial charge in [0.15, 0.2) is 0 Å². The third-order valence-electron chi connectivity index (χ3n) is 2.52. The van der Waals surface area contributed by atoms with E-state index in [1.165, 1.54) is 0 Å². The summed E-state index contributed by atoms with van der Waals surface area (Å²) in [7, 11) is 0. The summed E-state index contributed by atoms with van der Waals surface area (Å²) in [6, 6.07) is 14.2. The number of carboxylic acids is 1. The van der Waals surface area contributed by atoms with E-state index in [-0.39, 0.29) is 0 Å². The third kappa shape index (κ3) is 2.99. The fraction of sp³-hybridized carbons (Fsp3) is 0. The maximum Gasteiger partial charge on any atom is 0.336 e. The SMILES string of the molecule is O=C(O)c1ccccc1/C=C\c1ccc(Cl)cc1. The lowest BCUT2D eigenvalue weighted by atomic mass is 10.1. The lowest BCUT2D eigenvalue weighted by Crippen LogP contribution is -1.98. The zero-order valence-electron chi connectivity index (χ0n) is 9.51. The maximum atomic E-state index is 11.0. The third-order valence-corrected chi connectivity index (χ3v) is 2.77. The molecule has 0 aromatic heterocycles. The van der Waals surface area contributed by atoms with Gasteiger partial charge in [-0.1, -0.05) is 54.1 Å². The van der Waals surface area contributed by atoms with Gasteiger partial charge < -0.3 is 5.11 Å². The summed E-state index contributed by atoms with van der Waals surface area (Å²) in [6.45, 7) is 0. The molecule has 0 unspecified atom stereocenters. The van der Waals surface area contributed by atoms with Gasteiger partial charge in [0.1, 0.15) is 0 Å². The Labute approximate surface area is 110 Å². The van der Waals surface area contributed by atoms with Crippen LogP contribution in [0.1, 0.15) is 21.5 Å². The van der Waals surface area contributed by atoms with Gasteiger partial charge in [0.05, 0.1) is 5.56 Å². The molecular formula is C15H11ClO2. The van der Waals surface area contributed by atoms with E-state index in [0.717, 1.165) is 5.56 Å². The smallest absolute Gasteiger partial charge is 0.336 e. The largest absolute Gasteiger partial charge is 0.478 e. The second-order valence-corrected chi connectivity index (χ2v) is 4.21. The number of carbonyl (C=O) groups is 1. The number of rotatable bonds is 3. The first kappa shape index (κ1) is 12.4. The van der Waals surface area contributed by atoms with Crippen molar-refractivity contribution in [3.8, 4) is 0 Å². The van der Waals surface area contributed by atoms with E-state index < -0.39 is 5.97 Å². The molecule has 2 rings (SSSR count). The van der Waals surface area contributed by atoms with Crippen molar-refractivity contribution in [2.45, 2.75) is 0 Å². The molecule has 0 heterocycles. The van der Waals surface area contributed by atoms with Gasteiger partial charge in [-0.2, -0.15) is 0 Å². The standard InChI is InChI=1S/C15H11ClO2/c16-13-9-6-11(7-10-13)5-8-12-3-1-2-4-14(12)15(17)18/h1-10H,(H,17,18)/b8-5-. The van der Waals surface area contributed by atoms with Crippen molar-refractivity contribution in [3.05, 3.63) is 70.2 Å². The van der Waals surface area contributed by atoms with Crippen LogP contribution in [0.2, 0.25) is 5.02 Å². The van der Waals surface area contributed by atoms with E-state index >= 15 is 0 Å². The minimum atomic E-state index is -0.925. The number of aromatic carboxylic acids is 1. The van der Waals surface area contributed by atoms with E-state index in [2.05, 4.69) is 0 Å². The second kappa shape index (κ2) is 5.52. The minimum Gasteiger partial charge on any atom is -0.478 e. The number of halogens is 1. The van der Waals surface area contributed by atoms with Gasteiger partial charge in [-0.3, -0.25) is 0 Å². The molecule has 90 valence electrons. The Hall–Kier alpha value is -2.06. The Morgan fingerprint density at radius 1 is 1.00 bits per heavy atom. The first-order valence-electron chi connectivity index (χ1n) is 5.43. The van der Waals surface area contributed by atoms with Crippen LogP contribution in [0.3, 0.4) is 0 Å². The van der Waals surface area contributed by atoms with Crippen molar-refractivity contribution in [2.75, 3.05) is 0 Å². The lowest BCUT2D eigenvalue weighted by Gasteiger charge is -2.00. The van der Waals surface area contributed by atoms with Crippen molar-refractivity contribution >= 4 is 29.7 Å². The molecule has 0 aliphatic carbocycles. The lowest BCUT2D eigenvalue weighted by molar-refractivity contribution is 0.0696. The molecule has 0 amide bonds. The molecule has 18 heavy (non-hydrogen) atoms. The van der Waals surface area contributed by atoms with Gasteiger partial charge in [0, 0.05) is 5.02 Å². The van der Waals surface area contributed by atoms with Crippen LogP contribution < -0.4 is 0 Å². The predicted octanol–water partition coefficient (Wildman–Crippen LogP) is 4.21. The molecule has 3 heteroatoms. The normalized spacial score (nSPS) is 10.7. The predicted molar refractivity (Wildman–Crippen MR) is 73.8 cm³/mol. The molecule has 1 N–H and O–H groups in total. The molecule has 2 aromatic rings. The van der Waals surface area contributed by atoms with Crippen LogP contribution >= 0.6 is 11.6 Å². The number of carboxylic acid groups (broad SMARTS) is 1. The number of hydrogen-bond donors (Lipinski definition) is 1. The van der Waals surface area contributed by atoms with Gasteiger partial charge in [-0.15, -0.1) is 0 Å². The van der Waals surface area contributed by atoms with Gasteiger partial charge in [-0.25, -0.2) is 4.79 Å². The van der Waals surface area contributed by atoms with E-state index in [1.807, 2.05) is 24.3 Å². The zero-order chi connectivity index (χ0) is 13.0. The van der Waals surface area contributed by atoms with Crippen molar-refractivity contribution in [1.82, 2.24) is 0 Å². The minimum absolute atomic E-state index is 0.294. The molecule has 0 aliphatic rings. The molecule has 0 atom stereocenters. The van der Waals surface area contributed by atoms with E-state index in [0.29, 0.717) is 16.1 Å². The van der Waals surface area contributed by atoms with Crippen LogP contribution in [0.5, 0.6) is 0 Å². The van der Waals surface area contributed by atoms with Gasteiger partial charge in [0.25, 0.3) is 0 Å². The van der Waals surface area contributed by atoms with Crippen molar-refractivity contribution in [3.63, 3.8) is 0 Å². The van der Waals surface area contributed by atoms with Crippen LogP contribution in [0.4, 0.5) is 0 Å². The van der Waals surface area contributed by atoms with Crippen LogP contribution in [-0.4, -0.2) is 11.1 Å². The highest BCUT2D eigenvalue weighted by Gasteiger charge is 2.05. The fourth-order valence-electron chi connectivity index (χ4n) is 1.60. The summed E-state index contributed by atoms with van der Waals surface area (Å²) < 4.78 is 0. The highest BCUT2D eigenvalue weighted by molar-refractivity contribution is 6.30. The van der Waals surface area contributed by atoms with E-state index in [9.17, 15) is 4.79 Å². The number of hydrogen-bond acceptors (Lipinski definition) is 1. The molecule has 0 spiro atoms. The summed E-state index contributed by atoms with van der Waals surface area (Å²) in [4.78, 5) is 11.0. The van der Waals surface area contributed by atoms with Gasteiger partial charge in [-0.05, 0) is 29.3 Å². The maximum absolute atomic E-state index is 11.0. The Balaban J connectivity index is 2.29. The summed E-state index contributed by atoms with van der Waals surface area (Å²) in [5, 5.41) is 9.73. The monoisotopic (exact) mass is 258 g/mol. The van der Waals surface area contributed by atoms with Gasteiger partial charge in [0.2, 0.25) is 0 Å². The molecule has 0 bridgehead atoms. The highest BCUT2D eigenvalue weighted by atomic mass is 35.5. The quantitative estimate of drug-likeness (QED) is 0.838. The summed E-state index contributed by atoms with van der Waals surface area (Å²) >= 11 is 5.79. The van der Waals surface area contributed by atoms with Crippen LogP contribution in [-0.2, 0) is 0 Å². The average molecular weight is 259 g/mol. The van der Waals surface area contributed by atoms with Crippen LogP contribution in [0.25, 0.3) is 12.2 Å². The first-order chi connectivity index (χ1) is 8.66.